The number of rotatable bonds is 25. The molecule has 224 valence electrons. The zero-order valence-electron chi connectivity index (χ0n) is 25.3. The van der Waals surface area contributed by atoms with Crippen molar-refractivity contribution in [2.45, 2.75) is 116 Å². The molecular formula is C36H57NO3. The van der Waals surface area contributed by atoms with Crippen molar-refractivity contribution in [3.63, 3.8) is 0 Å². The van der Waals surface area contributed by atoms with Gasteiger partial charge in [0.2, 0.25) is 5.91 Å². The van der Waals surface area contributed by atoms with Gasteiger partial charge in [0.1, 0.15) is 0 Å². The second kappa shape index (κ2) is 30.8. The Morgan fingerprint density at radius 2 is 1.10 bits per heavy atom. The molecule has 3 N–H and O–H groups in total. The maximum atomic E-state index is 12.2. The van der Waals surface area contributed by atoms with E-state index >= 15 is 0 Å². The van der Waals surface area contributed by atoms with Gasteiger partial charge >= 0.3 is 0 Å². The zero-order chi connectivity index (χ0) is 29.4. The average Bonchev–Trinajstić information content (AvgIpc) is 2.96. The van der Waals surface area contributed by atoms with E-state index in [1.165, 1.54) is 0 Å². The Kier molecular flexibility index (Phi) is 28.8. The average molecular weight is 552 g/mol. The molecule has 0 aromatic carbocycles. The fourth-order valence-electron chi connectivity index (χ4n) is 3.67. The number of allylic oxidation sites excluding steroid dienone is 15. The summed E-state index contributed by atoms with van der Waals surface area (Å²) in [6, 6.07) is -0.664. The Bertz CT molecular complexity index is 814. The molecular weight excluding hydrogens is 494 g/mol. The molecule has 0 aromatic rings. The Hall–Kier alpha value is -2.69. The van der Waals surface area contributed by atoms with Gasteiger partial charge < -0.3 is 15.5 Å². The minimum Gasteiger partial charge on any atom is -0.394 e. The maximum absolute atomic E-state index is 12.2. The number of aliphatic hydroxyl groups is 2. The molecule has 2 atom stereocenters. The lowest BCUT2D eigenvalue weighted by Crippen LogP contribution is -2.45. The fourth-order valence-corrected chi connectivity index (χ4v) is 3.67. The van der Waals surface area contributed by atoms with Gasteiger partial charge in [-0.05, 0) is 77.0 Å². The number of aliphatic hydroxyl groups excluding tert-OH is 2. The van der Waals surface area contributed by atoms with Gasteiger partial charge in [0.15, 0.2) is 0 Å². The molecule has 0 heterocycles. The molecule has 0 rings (SSSR count). The zero-order valence-corrected chi connectivity index (χ0v) is 25.3. The molecule has 0 aliphatic rings. The van der Waals surface area contributed by atoms with Gasteiger partial charge in [-0.15, -0.1) is 0 Å². The van der Waals surface area contributed by atoms with Crippen molar-refractivity contribution in [1.82, 2.24) is 5.32 Å². The summed E-state index contributed by atoms with van der Waals surface area (Å²) in [7, 11) is 0. The van der Waals surface area contributed by atoms with Crippen LogP contribution < -0.4 is 5.32 Å². The summed E-state index contributed by atoms with van der Waals surface area (Å²) in [4.78, 5) is 12.2. The Balaban J connectivity index is 3.83. The van der Waals surface area contributed by atoms with Crippen LogP contribution in [0.5, 0.6) is 0 Å². The molecule has 4 heteroatoms. The first-order valence-corrected chi connectivity index (χ1v) is 15.5. The highest BCUT2D eigenvalue weighted by Crippen LogP contribution is 2.05. The molecule has 0 aromatic heterocycles. The number of hydrogen-bond acceptors (Lipinski definition) is 3. The van der Waals surface area contributed by atoms with Gasteiger partial charge in [0.25, 0.3) is 0 Å². The molecule has 4 nitrogen and oxygen atoms in total. The minimum absolute atomic E-state index is 0.128. The van der Waals surface area contributed by atoms with Crippen molar-refractivity contribution in [3.05, 3.63) is 97.2 Å². The first-order chi connectivity index (χ1) is 19.7. The number of nitrogens with one attached hydrogen (secondary N) is 1. The highest BCUT2D eigenvalue weighted by atomic mass is 16.3. The molecule has 0 saturated carbocycles. The van der Waals surface area contributed by atoms with E-state index in [0.29, 0.717) is 6.42 Å². The van der Waals surface area contributed by atoms with Gasteiger partial charge in [-0.2, -0.15) is 0 Å². The topological polar surface area (TPSA) is 69.6 Å². The minimum atomic E-state index is -0.882. The maximum Gasteiger partial charge on any atom is 0.220 e. The summed E-state index contributed by atoms with van der Waals surface area (Å²) in [5, 5.41) is 22.5. The van der Waals surface area contributed by atoms with Gasteiger partial charge in [-0.1, -0.05) is 117 Å². The standard InChI is InChI=1S/C36H57NO3/c1-3-5-7-9-11-12-13-14-15-16-17-18-19-20-21-22-23-24-26-28-30-32-36(40)37-34(33-38)35(39)31-29-27-25-10-8-6-4-2/h5,7-8,10-12,14-15,17-18,20-21,23-24,29,31,34-35,38-39H,3-4,6,9,13,16,19,22,25-28,30,32-33H2,1-2H3,(H,37,40)/b7-5-,10-8+,12-11-,15-14-,18-17-,21-20-,24-23-,31-29+. The van der Waals surface area contributed by atoms with E-state index in [0.717, 1.165) is 83.5 Å². The summed E-state index contributed by atoms with van der Waals surface area (Å²) in [6.07, 6.45) is 46.4. The highest BCUT2D eigenvalue weighted by molar-refractivity contribution is 5.76. The highest BCUT2D eigenvalue weighted by Gasteiger charge is 2.17. The smallest absolute Gasteiger partial charge is 0.220 e. The molecule has 0 spiro atoms. The third kappa shape index (κ3) is 26.9. The van der Waals surface area contributed by atoms with E-state index in [9.17, 15) is 15.0 Å². The number of unbranched alkanes of at least 4 members (excludes halogenated alkanes) is 4. The van der Waals surface area contributed by atoms with Crippen molar-refractivity contribution in [2.75, 3.05) is 6.61 Å². The number of carbonyl (C=O) groups excluding carboxylic acids is 1. The monoisotopic (exact) mass is 551 g/mol. The van der Waals surface area contributed by atoms with E-state index in [-0.39, 0.29) is 12.5 Å². The number of amides is 1. The lowest BCUT2D eigenvalue weighted by Gasteiger charge is -2.19. The van der Waals surface area contributed by atoms with E-state index in [1.807, 2.05) is 6.08 Å². The second-order valence-corrected chi connectivity index (χ2v) is 9.77. The summed E-state index contributed by atoms with van der Waals surface area (Å²) in [5.41, 5.74) is 0. The predicted molar refractivity (Wildman–Crippen MR) is 174 cm³/mol. The molecule has 40 heavy (non-hydrogen) atoms. The van der Waals surface area contributed by atoms with E-state index in [4.69, 9.17) is 0 Å². The lowest BCUT2D eigenvalue weighted by atomic mass is 10.1. The molecule has 0 radical (unpaired) electrons. The summed E-state index contributed by atoms with van der Waals surface area (Å²) >= 11 is 0. The van der Waals surface area contributed by atoms with Crippen LogP contribution in [0.25, 0.3) is 0 Å². The first kappa shape index (κ1) is 37.3. The molecule has 1 amide bonds. The van der Waals surface area contributed by atoms with Gasteiger partial charge in [-0.25, -0.2) is 0 Å². The predicted octanol–water partition coefficient (Wildman–Crippen LogP) is 8.78. The van der Waals surface area contributed by atoms with Crippen molar-refractivity contribution in [2.24, 2.45) is 0 Å². The van der Waals surface area contributed by atoms with Crippen LogP contribution in [0.4, 0.5) is 0 Å². The quantitative estimate of drug-likeness (QED) is 0.0784. The summed E-state index contributed by atoms with van der Waals surface area (Å²) in [5.74, 6) is -0.128. The Morgan fingerprint density at radius 3 is 1.62 bits per heavy atom. The van der Waals surface area contributed by atoms with Gasteiger partial charge in [0.05, 0.1) is 18.8 Å². The molecule has 0 bridgehead atoms. The molecule has 0 aliphatic heterocycles. The number of hydrogen-bond donors (Lipinski definition) is 3. The first-order valence-electron chi connectivity index (χ1n) is 15.5. The Morgan fingerprint density at radius 1 is 0.625 bits per heavy atom. The normalized spacial score (nSPS) is 14.6. The van der Waals surface area contributed by atoms with Crippen LogP contribution in [0.15, 0.2) is 97.2 Å². The van der Waals surface area contributed by atoms with Crippen LogP contribution in [-0.2, 0) is 4.79 Å². The van der Waals surface area contributed by atoms with Crippen molar-refractivity contribution in [3.8, 4) is 0 Å². The third-order valence-corrected chi connectivity index (χ3v) is 6.03. The van der Waals surface area contributed by atoms with E-state index in [2.05, 4.69) is 104 Å². The van der Waals surface area contributed by atoms with Crippen LogP contribution in [0.1, 0.15) is 104 Å². The van der Waals surface area contributed by atoms with E-state index < -0.39 is 12.1 Å². The van der Waals surface area contributed by atoms with Crippen molar-refractivity contribution >= 4 is 5.91 Å². The Labute approximate surface area is 245 Å². The third-order valence-electron chi connectivity index (χ3n) is 6.03. The SMILES string of the molecule is CC/C=C\C/C=C\C/C=C\C/C=C\C/C=C\C/C=C\CCCCC(=O)NC(CO)C(O)/C=C/CC/C=C/CCC. The largest absolute Gasteiger partial charge is 0.394 e. The van der Waals surface area contributed by atoms with Crippen LogP contribution in [0.2, 0.25) is 0 Å². The molecule has 0 fully saturated rings. The molecule has 0 aliphatic carbocycles. The fraction of sp³-hybridized carbons (Fsp3) is 0.528. The van der Waals surface area contributed by atoms with Crippen LogP contribution in [0.3, 0.4) is 0 Å². The van der Waals surface area contributed by atoms with Crippen molar-refractivity contribution < 1.29 is 15.0 Å². The van der Waals surface area contributed by atoms with Gasteiger partial charge in [0, 0.05) is 6.42 Å². The van der Waals surface area contributed by atoms with Crippen molar-refractivity contribution in [1.29, 1.82) is 0 Å². The van der Waals surface area contributed by atoms with Crippen LogP contribution in [-0.4, -0.2) is 34.9 Å². The van der Waals surface area contributed by atoms with Crippen LogP contribution >= 0.6 is 0 Å². The molecule has 0 saturated heterocycles. The summed E-state index contributed by atoms with van der Waals surface area (Å²) in [6.45, 7) is 4.02. The van der Waals surface area contributed by atoms with Crippen LogP contribution in [0, 0.1) is 0 Å². The second-order valence-electron chi connectivity index (χ2n) is 9.77. The van der Waals surface area contributed by atoms with E-state index in [1.54, 1.807) is 6.08 Å². The lowest BCUT2D eigenvalue weighted by molar-refractivity contribution is -0.123. The van der Waals surface area contributed by atoms with Gasteiger partial charge in [-0.3, -0.25) is 4.79 Å². The summed E-state index contributed by atoms with van der Waals surface area (Å²) < 4.78 is 0. The number of carbonyl (C=O) groups is 1. The molecule has 2 unspecified atom stereocenters.